The molecule has 3 rings (SSSR count). The Morgan fingerprint density at radius 1 is 1.35 bits per heavy atom. The van der Waals surface area contributed by atoms with Crippen LogP contribution < -0.4 is 4.74 Å². The summed E-state index contributed by atoms with van der Waals surface area (Å²) in [6.45, 7) is 3.00. The highest BCUT2D eigenvalue weighted by atomic mass is 16.5. The Morgan fingerprint density at radius 3 is 2.81 bits per heavy atom. The van der Waals surface area contributed by atoms with Crippen LogP contribution in [0, 0.1) is 0 Å². The maximum atomic E-state index is 12.3. The molecule has 1 atom stereocenters. The van der Waals surface area contributed by atoms with E-state index in [1.165, 1.54) is 4.90 Å². The molecule has 0 aliphatic carbocycles. The van der Waals surface area contributed by atoms with Crippen molar-refractivity contribution in [1.29, 1.82) is 0 Å². The van der Waals surface area contributed by atoms with Gasteiger partial charge in [0.2, 0.25) is 17.6 Å². The first-order valence-electron chi connectivity index (χ1n) is 8.66. The fourth-order valence-electron chi connectivity index (χ4n) is 3.02. The molecule has 0 bridgehead atoms. The number of carboxylic acid groups (broad SMARTS) is 1. The molecule has 1 aromatic heterocycles. The third-order valence-electron chi connectivity index (χ3n) is 4.30. The van der Waals surface area contributed by atoms with Crippen LogP contribution in [-0.4, -0.2) is 51.2 Å². The molecule has 8 nitrogen and oxygen atoms in total. The molecule has 0 spiro atoms. The summed E-state index contributed by atoms with van der Waals surface area (Å²) in [7, 11) is 0. The van der Waals surface area contributed by atoms with Gasteiger partial charge in [-0.2, -0.15) is 4.98 Å². The van der Waals surface area contributed by atoms with Crippen molar-refractivity contribution in [3.05, 3.63) is 30.2 Å². The van der Waals surface area contributed by atoms with Crippen LogP contribution in [0.5, 0.6) is 5.75 Å². The minimum Gasteiger partial charge on any atom is -0.494 e. The Hall–Kier alpha value is -2.90. The molecule has 1 saturated heterocycles. The van der Waals surface area contributed by atoms with E-state index in [-0.39, 0.29) is 18.7 Å². The molecular weight excluding hydrogens is 338 g/mol. The van der Waals surface area contributed by atoms with Crippen LogP contribution in [0.1, 0.15) is 32.1 Å². The van der Waals surface area contributed by atoms with E-state index in [2.05, 4.69) is 10.1 Å². The number of nitrogens with zero attached hydrogens (tertiary/aromatic N) is 3. The molecule has 138 valence electrons. The topological polar surface area (TPSA) is 106 Å². The lowest BCUT2D eigenvalue weighted by atomic mass is 10.2. The van der Waals surface area contributed by atoms with E-state index in [9.17, 15) is 9.59 Å². The third kappa shape index (κ3) is 4.01. The minimum atomic E-state index is -0.952. The Kier molecular flexibility index (Phi) is 5.50. The zero-order valence-corrected chi connectivity index (χ0v) is 14.6. The summed E-state index contributed by atoms with van der Waals surface area (Å²) in [6, 6.07) is 6.62. The van der Waals surface area contributed by atoms with Crippen LogP contribution in [-0.2, 0) is 16.0 Å². The number of amides is 1. The normalized spacial score (nSPS) is 16.7. The quantitative estimate of drug-likeness (QED) is 0.807. The minimum absolute atomic E-state index is 0.148. The number of carbonyl (C=O) groups excluding carboxylic acids is 1. The van der Waals surface area contributed by atoms with Gasteiger partial charge in [0.05, 0.1) is 6.61 Å². The molecule has 1 N–H and O–H groups in total. The smallest absolute Gasteiger partial charge is 0.326 e. The zero-order chi connectivity index (χ0) is 18.5. The molecule has 1 aliphatic heterocycles. The maximum Gasteiger partial charge on any atom is 0.326 e. The van der Waals surface area contributed by atoms with Crippen molar-refractivity contribution in [3.8, 4) is 17.1 Å². The predicted molar refractivity (Wildman–Crippen MR) is 91.6 cm³/mol. The first-order valence-corrected chi connectivity index (χ1v) is 8.66. The van der Waals surface area contributed by atoms with Crippen LogP contribution in [0.3, 0.4) is 0 Å². The number of rotatable bonds is 7. The lowest BCUT2D eigenvalue weighted by Crippen LogP contribution is -2.40. The molecule has 8 heteroatoms. The number of hydrogen-bond donors (Lipinski definition) is 1. The van der Waals surface area contributed by atoms with E-state index in [1.54, 1.807) is 0 Å². The molecule has 2 aromatic rings. The number of hydrogen-bond acceptors (Lipinski definition) is 6. The van der Waals surface area contributed by atoms with Gasteiger partial charge in [-0.1, -0.05) is 5.16 Å². The van der Waals surface area contributed by atoms with Gasteiger partial charge >= 0.3 is 5.97 Å². The second kappa shape index (κ2) is 7.99. The number of carbonyl (C=O) groups is 2. The summed E-state index contributed by atoms with van der Waals surface area (Å²) in [6.07, 6.45) is 1.65. The van der Waals surface area contributed by atoms with Gasteiger partial charge in [0, 0.05) is 24.9 Å². The summed E-state index contributed by atoms with van der Waals surface area (Å²) < 4.78 is 10.6. The fraction of sp³-hybridized carbons (Fsp3) is 0.444. The van der Waals surface area contributed by atoms with E-state index >= 15 is 0 Å². The Balaban J connectivity index is 1.58. The lowest BCUT2D eigenvalue weighted by molar-refractivity contribution is -0.148. The summed E-state index contributed by atoms with van der Waals surface area (Å²) in [4.78, 5) is 29.2. The monoisotopic (exact) mass is 359 g/mol. The number of carboxylic acids is 1. The SMILES string of the molecule is CCOc1ccc(-c2noc(CCC(=O)N3CCC[C@H]3C(=O)O)n2)cc1. The van der Waals surface area contributed by atoms with E-state index < -0.39 is 12.0 Å². The van der Waals surface area contributed by atoms with Crippen molar-refractivity contribution in [1.82, 2.24) is 15.0 Å². The van der Waals surface area contributed by atoms with Gasteiger partial charge in [0.15, 0.2) is 0 Å². The Bertz CT molecular complexity index is 771. The van der Waals surface area contributed by atoms with Crippen molar-refractivity contribution in [2.24, 2.45) is 0 Å². The van der Waals surface area contributed by atoms with E-state index in [1.807, 2.05) is 31.2 Å². The van der Waals surface area contributed by atoms with Gasteiger partial charge in [-0.05, 0) is 44.0 Å². The Morgan fingerprint density at radius 2 is 2.12 bits per heavy atom. The van der Waals surface area contributed by atoms with Gasteiger partial charge in [-0.3, -0.25) is 4.79 Å². The van der Waals surface area contributed by atoms with Gasteiger partial charge < -0.3 is 19.3 Å². The van der Waals surface area contributed by atoms with E-state index in [0.717, 1.165) is 11.3 Å². The van der Waals surface area contributed by atoms with Crippen molar-refractivity contribution in [3.63, 3.8) is 0 Å². The maximum absolute atomic E-state index is 12.3. The average Bonchev–Trinajstić information content (AvgIpc) is 3.30. The van der Waals surface area contributed by atoms with E-state index in [4.69, 9.17) is 14.4 Å². The van der Waals surface area contributed by atoms with Gasteiger partial charge in [-0.15, -0.1) is 0 Å². The van der Waals surface area contributed by atoms with Gasteiger partial charge in [-0.25, -0.2) is 4.79 Å². The average molecular weight is 359 g/mol. The standard InChI is InChI=1S/C18H21N3O5/c1-2-25-13-7-5-12(6-8-13)17-19-15(26-20-17)9-10-16(22)21-11-3-4-14(21)18(23)24/h5-8,14H,2-4,9-11H2,1H3,(H,23,24)/t14-/m0/s1. The molecule has 26 heavy (non-hydrogen) atoms. The highest BCUT2D eigenvalue weighted by molar-refractivity contribution is 5.84. The predicted octanol–water partition coefficient (Wildman–Crippen LogP) is 2.14. The molecule has 0 unspecified atom stereocenters. The number of ether oxygens (including phenoxy) is 1. The van der Waals surface area contributed by atoms with Gasteiger partial charge in [0.1, 0.15) is 11.8 Å². The first-order chi connectivity index (χ1) is 12.6. The number of aliphatic carboxylic acids is 1. The molecule has 1 fully saturated rings. The first kappa shape index (κ1) is 17.9. The van der Waals surface area contributed by atoms with Crippen LogP contribution >= 0.6 is 0 Å². The molecule has 1 amide bonds. The molecule has 0 radical (unpaired) electrons. The molecule has 1 aliphatic rings. The second-order valence-corrected chi connectivity index (χ2v) is 6.05. The number of likely N-dealkylation sites (tertiary alicyclic amines) is 1. The largest absolute Gasteiger partial charge is 0.494 e. The van der Waals surface area contributed by atoms with E-state index in [0.29, 0.717) is 37.7 Å². The van der Waals surface area contributed by atoms with Crippen molar-refractivity contribution in [2.45, 2.75) is 38.6 Å². The molecule has 2 heterocycles. The second-order valence-electron chi connectivity index (χ2n) is 6.05. The Labute approximate surface area is 150 Å². The fourth-order valence-corrected chi connectivity index (χ4v) is 3.02. The number of aryl methyl sites for hydroxylation is 1. The van der Waals surface area contributed by atoms with Crippen LogP contribution in [0.2, 0.25) is 0 Å². The highest BCUT2D eigenvalue weighted by Crippen LogP contribution is 2.21. The van der Waals surface area contributed by atoms with Crippen LogP contribution in [0.25, 0.3) is 11.4 Å². The van der Waals surface area contributed by atoms with Crippen molar-refractivity contribution in [2.75, 3.05) is 13.2 Å². The van der Waals surface area contributed by atoms with Crippen LogP contribution in [0.4, 0.5) is 0 Å². The highest BCUT2D eigenvalue weighted by Gasteiger charge is 2.33. The molecule has 0 saturated carbocycles. The lowest BCUT2D eigenvalue weighted by Gasteiger charge is -2.20. The summed E-state index contributed by atoms with van der Waals surface area (Å²) in [5, 5.41) is 13.1. The van der Waals surface area contributed by atoms with Gasteiger partial charge in [0.25, 0.3) is 0 Å². The van der Waals surface area contributed by atoms with Crippen LogP contribution in [0.15, 0.2) is 28.8 Å². The van der Waals surface area contributed by atoms with Crippen molar-refractivity contribution >= 4 is 11.9 Å². The van der Waals surface area contributed by atoms with Crippen molar-refractivity contribution < 1.29 is 24.0 Å². The number of benzene rings is 1. The zero-order valence-electron chi connectivity index (χ0n) is 14.6. The summed E-state index contributed by atoms with van der Waals surface area (Å²) in [5.41, 5.74) is 0.792. The summed E-state index contributed by atoms with van der Waals surface area (Å²) >= 11 is 0. The molecule has 1 aromatic carbocycles. The summed E-state index contributed by atoms with van der Waals surface area (Å²) in [5.74, 6) is 0.416. The third-order valence-corrected chi connectivity index (χ3v) is 4.30. The molecular formula is C18H21N3O5. The number of aromatic nitrogens is 2.